The molecule has 0 bridgehead atoms. The van der Waals surface area contributed by atoms with Crippen molar-refractivity contribution in [2.24, 2.45) is 11.8 Å². The van der Waals surface area contributed by atoms with Gasteiger partial charge in [0.25, 0.3) is 0 Å². The summed E-state index contributed by atoms with van der Waals surface area (Å²) in [6.45, 7) is 14.0. The lowest BCUT2D eigenvalue weighted by atomic mass is 9.98. The lowest BCUT2D eigenvalue weighted by Crippen LogP contribution is -2.39. The topological polar surface area (TPSA) is 81.1 Å². The Bertz CT molecular complexity index is 1570. The molecule has 0 unspecified atom stereocenters. The Morgan fingerprint density at radius 3 is 1.20 bits per heavy atom. The van der Waals surface area contributed by atoms with Gasteiger partial charge < -0.3 is 20.0 Å². The molecule has 6 nitrogen and oxygen atoms in total. The van der Waals surface area contributed by atoms with E-state index in [0.717, 1.165) is 64.7 Å². The minimum atomic E-state index is -0.649. The van der Waals surface area contributed by atoms with Crippen LogP contribution in [0.25, 0.3) is 11.1 Å². The van der Waals surface area contributed by atoms with Crippen LogP contribution in [0.2, 0.25) is 0 Å². The number of aryl methyl sites for hydroxylation is 4. The molecule has 2 N–H and O–H groups in total. The molecule has 276 valence electrons. The Kier molecular flexibility index (Phi) is 16.2. The minimum Gasteiger partial charge on any atom is -0.481 e. The summed E-state index contributed by atoms with van der Waals surface area (Å²) < 4.78 is 0. The molecule has 51 heavy (non-hydrogen) atoms. The van der Waals surface area contributed by atoms with Crippen LogP contribution in [0.1, 0.15) is 80.3 Å². The molecule has 4 aromatic rings. The van der Waals surface area contributed by atoms with Crippen molar-refractivity contribution in [3.8, 4) is 0 Å². The van der Waals surface area contributed by atoms with Gasteiger partial charge in [-0.1, -0.05) is 12.2 Å². The summed E-state index contributed by atoms with van der Waals surface area (Å²) in [4.78, 5) is 32.5. The second-order valence-corrected chi connectivity index (χ2v) is 17.2. The van der Waals surface area contributed by atoms with Crippen molar-refractivity contribution < 1.29 is 19.8 Å². The minimum absolute atomic E-state index is 0. The molecule has 4 aromatic heterocycles. The van der Waals surface area contributed by atoms with Crippen molar-refractivity contribution in [1.29, 1.82) is 0 Å². The molecule has 0 radical (unpaired) electrons. The summed E-state index contributed by atoms with van der Waals surface area (Å²) in [5.41, 5.74) is 7.99. The number of aliphatic carboxylic acids is 2. The summed E-state index contributed by atoms with van der Waals surface area (Å²) >= 11 is 7.21. The Labute approximate surface area is 325 Å². The van der Waals surface area contributed by atoms with Gasteiger partial charge in [0.1, 0.15) is 0 Å². The predicted octanol–water partition coefficient (Wildman–Crippen LogP) is 10.5. The normalized spacial score (nSPS) is 17.9. The average Bonchev–Trinajstić information content (AvgIpc) is 3.92. The highest BCUT2D eigenvalue weighted by atomic mass is 35.5. The van der Waals surface area contributed by atoms with Crippen molar-refractivity contribution >= 4 is 80.8 Å². The van der Waals surface area contributed by atoms with Crippen LogP contribution in [0, 0.1) is 39.5 Å². The lowest BCUT2D eigenvalue weighted by molar-refractivity contribution is -0.144. The maximum absolute atomic E-state index is 11.2. The van der Waals surface area contributed by atoms with E-state index in [2.05, 4.69) is 95.4 Å². The number of carboxylic acids is 2. The van der Waals surface area contributed by atoms with Crippen molar-refractivity contribution in [1.82, 2.24) is 9.80 Å². The van der Waals surface area contributed by atoms with E-state index >= 15 is 0 Å². The number of hydrogen-bond acceptors (Lipinski definition) is 8. The average molecular weight is 788 g/mol. The predicted molar refractivity (Wildman–Crippen MR) is 220 cm³/mol. The van der Waals surface area contributed by atoms with Crippen LogP contribution in [0.4, 0.5) is 0 Å². The van der Waals surface area contributed by atoms with Gasteiger partial charge in [-0.25, -0.2) is 0 Å². The zero-order chi connectivity index (χ0) is 35.6. The van der Waals surface area contributed by atoms with Crippen LogP contribution >= 0.6 is 57.8 Å². The molecule has 6 rings (SSSR count). The van der Waals surface area contributed by atoms with E-state index in [4.69, 9.17) is 0 Å². The fourth-order valence-corrected chi connectivity index (χ4v) is 10.9. The summed E-state index contributed by atoms with van der Waals surface area (Å²) in [5, 5.41) is 27.1. The first-order valence-electron chi connectivity index (χ1n) is 17.6. The number of hydrogen-bond donors (Lipinski definition) is 2. The van der Waals surface area contributed by atoms with Crippen LogP contribution in [0.5, 0.6) is 0 Å². The summed E-state index contributed by atoms with van der Waals surface area (Å²) in [5.74, 6) is -1.69. The molecule has 0 saturated carbocycles. The first kappa shape index (κ1) is 41.2. The standard InChI is InChI=1S/2C20H25NO2S2.ClH/c2*1-14-7-11-24-18(14)17(19-15(2)8-12-25-19)6-4-10-21-9-3-5-16(13-21)20(22)23;/h2*6-8,11-12,16H,3-5,9-10,13H2,1-2H3,(H,22,23);1H/t2*16-;/m11./s1. The lowest BCUT2D eigenvalue weighted by Gasteiger charge is -2.30. The fraction of sp³-hybridized carbons (Fsp3) is 0.450. The highest BCUT2D eigenvalue weighted by Crippen LogP contribution is 2.37. The van der Waals surface area contributed by atoms with E-state index in [1.54, 1.807) is 45.3 Å². The van der Waals surface area contributed by atoms with Crippen LogP contribution in [0.3, 0.4) is 0 Å². The van der Waals surface area contributed by atoms with Gasteiger partial charge >= 0.3 is 11.9 Å². The number of rotatable bonds is 12. The van der Waals surface area contributed by atoms with Crippen molar-refractivity contribution in [3.05, 3.63) is 99.7 Å². The van der Waals surface area contributed by atoms with E-state index in [1.807, 2.05) is 0 Å². The van der Waals surface area contributed by atoms with Gasteiger partial charge in [0.05, 0.1) is 11.8 Å². The molecule has 2 aliphatic rings. The molecular formula is C40H51ClN2O4S4. The molecule has 2 atom stereocenters. The van der Waals surface area contributed by atoms with E-state index in [0.29, 0.717) is 13.1 Å². The molecule has 6 heterocycles. The molecule has 2 aliphatic heterocycles. The fourth-order valence-electron chi connectivity index (χ4n) is 6.87. The molecule has 0 amide bonds. The van der Waals surface area contributed by atoms with Crippen LogP contribution in [0.15, 0.2) is 57.9 Å². The maximum Gasteiger partial charge on any atom is 0.307 e. The summed E-state index contributed by atoms with van der Waals surface area (Å²) in [6, 6.07) is 8.72. The molecular weight excluding hydrogens is 736 g/mol. The quantitative estimate of drug-likeness (QED) is 0.149. The van der Waals surface area contributed by atoms with Crippen LogP contribution < -0.4 is 0 Å². The van der Waals surface area contributed by atoms with E-state index in [1.165, 1.54) is 52.9 Å². The molecule has 2 fully saturated rings. The largest absolute Gasteiger partial charge is 0.481 e. The summed E-state index contributed by atoms with van der Waals surface area (Å²) in [6.07, 6.45) is 10.2. The molecule has 0 spiro atoms. The van der Waals surface area contributed by atoms with E-state index in [-0.39, 0.29) is 24.2 Å². The molecule has 0 aromatic carbocycles. The van der Waals surface area contributed by atoms with Crippen molar-refractivity contribution in [2.75, 3.05) is 39.3 Å². The van der Waals surface area contributed by atoms with Crippen molar-refractivity contribution in [3.63, 3.8) is 0 Å². The Balaban J connectivity index is 0.000000224. The number of thiophene rings is 4. The third-order valence-electron chi connectivity index (χ3n) is 9.72. The first-order chi connectivity index (χ1) is 24.1. The van der Waals surface area contributed by atoms with Gasteiger partial charge in [0.15, 0.2) is 0 Å². The Hall–Kier alpha value is -2.57. The Morgan fingerprint density at radius 1 is 0.627 bits per heavy atom. The van der Waals surface area contributed by atoms with Crippen molar-refractivity contribution in [2.45, 2.75) is 66.2 Å². The van der Waals surface area contributed by atoms with Gasteiger partial charge in [-0.15, -0.1) is 57.8 Å². The highest BCUT2D eigenvalue weighted by molar-refractivity contribution is 7.14. The second kappa shape index (κ2) is 20.0. The number of nitrogens with zero attached hydrogens (tertiary/aromatic N) is 2. The smallest absolute Gasteiger partial charge is 0.307 e. The van der Waals surface area contributed by atoms with Crippen LogP contribution in [-0.4, -0.2) is 71.2 Å². The van der Waals surface area contributed by atoms with Crippen LogP contribution in [-0.2, 0) is 9.59 Å². The second-order valence-electron chi connectivity index (χ2n) is 13.5. The summed E-state index contributed by atoms with van der Waals surface area (Å²) in [7, 11) is 0. The number of piperidine rings is 2. The zero-order valence-electron chi connectivity index (χ0n) is 30.1. The number of carbonyl (C=O) groups is 2. The van der Waals surface area contributed by atoms with Gasteiger partial charge in [-0.2, -0.15) is 0 Å². The third-order valence-corrected chi connectivity index (χ3v) is 13.9. The first-order valence-corrected chi connectivity index (χ1v) is 21.1. The van der Waals surface area contributed by atoms with Gasteiger partial charge in [-0.05, 0) is 147 Å². The molecule has 0 aliphatic carbocycles. The van der Waals surface area contributed by atoms with Gasteiger partial charge in [0.2, 0.25) is 0 Å². The van der Waals surface area contributed by atoms with E-state index in [9.17, 15) is 19.8 Å². The monoisotopic (exact) mass is 786 g/mol. The molecule has 11 heteroatoms. The number of carboxylic acid groups (broad SMARTS) is 2. The zero-order valence-corrected chi connectivity index (χ0v) is 34.1. The van der Waals surface area contributed by atoms with E-state index < -0.39 is 11.9 Å². The maximum atomic E-state index is 11.2. The third kappa shape index (κ3) is 11.2. The molecule has 2 saturated heterocycles. The highest BCUT2D eigenvalue weighted by Gasteiger charge is 2.26. The number of likely N-dealkylation sites (tertiary alicyclic amines) is 2. The Morgan fingerprint density at radius 2 is 0.941 bits per heavy atom. The SMILES string of the molecule is Cc1ccsc1C(=CCCN1CCC[C@@H](C(=O)O)C1)c1sccc1C.Cc1ccsc1C(=CCCN1CCC[C@@H](C(=O)O)C1)c1sccc1C.Cl. The van der Waals surface area contributed by atoms with Gasteiger partial charge in [0, 0.05) is 56.8 Å². The van der Waals surface area contributed by atoms with Gasteiger partial charge in [-0.3, -0.25) is 9.59 Å². The number of halogens is 1.